The average molecular weight is 256 g/mol. The zero-order chi connectivity index (χ0) is 13.8. The summed E-state index contributed by atoms with van der Waals surface area (Å²) >= 11 is 0. The highest BCUT2D eigenvalue weighted by Gasteiger charge is 2.07. The fraction of sp³-hybridized carbons (Fsp3) is 0.312. The zero-order valence-electron chi connectivity index (χ0n) is 11.7. The van der Waals surface area contributed by atoms with E-state index in [0.29, 0.717) is 12.4 Å². The molecule has 0 spiro atoms. The van der Waals surface area contributed by atoms with Gasteiger partial charge in [-0.1, -0.05) is 12.1 Å². The number of rotatable bonds is 4. The lowest BCUT2D eigenvalue weighted by atomic mass is 10.1. The minimum absolute atomic E-state index is 0.637. The summed E-state index contributed by atoms with van der Waals surface area (Å²) in [5, 5.41) is 0. The van der Waals surface area contributed by atoms with Crippen molar-refractivity contribution in [1.82, 2.24) is 4.98 Å². The molecule has 0 aliphatic rings. The maximum Gasteiger partial charge on any atom is 0.222 e. The van der Waals surface area contributed by atoms with Gasteiger partial charge in [0.15, 0.2) is 0 Å². The van der Waals surface area contributed by atoms with Crippen molar-refractivity contribution < 1.29 is 4.74 Å². The van der Waals surface area contributed by atoms with Crippen LogP contribution in [0.2, 0.25) is 0 Å². The van der Waals surface area contributed by atoms with Gasteiger partial charge in [0.1, 0.15) is 5.75 Å². The third-order valence-electron chi connectivity index (χ3n) is 3.28. The minimum Gasteiger partial charge on any atom is -0.438 e. The molecule has 2 aromatic rings. The van der Waals surface area contributed by atoms with E-state index in [1.807, 2.05) is 25.3 Å². The second-order valence-corrected chi connectivity index (χ2v) is 4.80. The predicted molar refractivity (Wildman–Crippen MR) is 77.7 cm³/mol. The summed E-state index contributed by atoms with van der Waals surface area (Å²) < 4.78 is 5.91. The highest BCUT2D eigenvalue weighted by molar-refractivity contribution is 5.41. The molecule has 0 radical (unpaired) electrons. The molecule has 3 nitrogen and oxygen atoms in total. The topological polar surface area (TPSA) is 48.1 Å². The Kier molecular flexibility index (Phi) is 4.17. The molecule has 100 valence electrons. The number of aromatic nitrogens is 1. The smallest absolute Gasteiger partial charge is 0.222 e. The van der Waals surface area contributed by atoms with E-state index < -0.39 is 0 Å². The molecular weight excluding hydrogens is 236 g/mol. The summed E-state index contributed by atoms with van der Waals surface area (Å²) in [5.74, 6) is 1.52. The van der Waals surface area contributed by atoms with Crippen LogP contribution < -0.4 is 10.5 Å². The number of hydrogen-bond acceptors (Lipinski definition) is 3. The van der Waals surface area contributed by atoms with Crippen molar-refractivity contribution in [2.45, 2.75) is 27.2 Å². The molecule has 0 saturated carbocycles. The van der Waals surface area contributed by atoms with Crippen LogP contribution in [0, 0.1) is 20.8 Å². The van der Waals surface area contributed by atoms with Gasteiger partial charge in [0.05, 0.1) is 0 Å². The molecule has 1 aromatic heterocycles. The highest BCUT2D eigenvalue weighted by atomic mass is 16.5. The van der Waals surface area contributed by atoms with Gasteiger partial charge in [-0.3, -0.25) is 0 Å². The monoisotopic (exact) mass is 256 g/mol. The van der Waals surface area contributed by atoms with E-state index in [1.165, 1.54) is 5.56 Å². The molecule has 0 aliphatic carbocycles. The molecule has 0 aliphatic heterocycles. The van der Waals surface area contributed by atoms with Crippen molar-refractivity contribution in [2.24, 2.45) is 5.73 Å². The largest absolute Gasteiger partial charge is 0.438 e. The lowest BCUT2D eigenvalue weighted by Gasteiger charge is -2.12. The number of nitrogens with two attached hydrogens (primary N) is 1. The Morgan fingerprint density at radius 3 is 2.63 bits per heavy atom. The van der Waals surface area contributed by atoms with Crippen molar-refractivity contribution in [3.8, 4) is 11.6 Å². The van der Waals surface area contributed by atoms with Gasteiger partial charge in [-0.2, -0.15) is 0 Å². The average Bonchev–Trinajstić information content (AvgIpc) is 2.38. The molecule has 1 heterocycles. The lowest BCUT2D eigenvalue weighted by Crippen LogP contribution is -2.04. The molecule has 2 rings (SSSR count). The van der Waals surface area contributed by atoms with Crippen LogP contribution in [-0.2, 0) is 6.42 Å². The molecule has 3 heteroatoms. The summed E-state index contributed by atoms with van der Waals surface area (Å²) in [5.41, 5.74) is 10.1. The summed E-state index contributed by atoms with van der Waals surface area (Å²) in [7, 11) is 0. The molecule has 0 amide bonds. The SMILES string of the molecule is Cc1cc(CCN)cnc1Oc1cccc(C)c1C. The maximum absolute atomic E-state index is 5.91. The van der Waals surface area contributed by atoms with Gasteiger partial charge in [0, 0.05) is 11.8 Å². The summed E-state index contributed by atoms with van der Waals surface area (Å²) in [6, 6.07) is 8.13. The first-order valence-corrected chi connectivity index (χ1v) is 6.51. The molecular formula is C16H20N2O. The fourth-order valence-electron chi connectivity index (χ4n) is 1.97. The second-order valence-electron chi connectivity index (χ2n) is 4.80. The van der Waals surface area contributed by atoms with E-state index >= 15 is 0 Å². The Morgan fingerprint density at radius 1 is 1.16 bits per heavy atom. The highest BCUT2D eigenvalue weighted by Crippen LogP contribution is 2.27. The van der Waals surface area contributed by atoms with Crippen LogP contribution in [-0.4, -0.2) is 11.5 Å². The van der Waals surface area contributed by atoms with Crippen LogP contribution in [0.15, 0.2) is 30.5 Å². The third kappa shape index (κ3) is 3.12. The fourth-order valence-corrected chi connectivity index (χ4v) is 1.97. The van der Waals surface area contributed by atoms with Gasteiger partial charge < -0.3 is 10.5 Å². The van der Waals surface area contributed by atoms with E-state index in [1.54, 1.807) is 0 Å². The van der Waals surface area contributed by atoms with E-state index in [4.69, 9.17) is 10.5 Å². The van der Waals surface area contributed by atoms with Crippen LogP contribution in [0.3, 0.4) is 0 Å². The maximum atomic E-state index is 5.91. The van der Waals surface area contributed by atoms with Crippen molar-refractivity contribution in [1.29, 1.82) is 0 Å². The molecule has 0 atom stereocenters. The third-order valence-corrected chi connectivity index (χ3v) is 3.28. The van der Waals surface area contributed by atoms with Crippen molar-refractivity contribution in [3.63, 3.8) is 0 Å². The molecule has 0 fully saturated rings. The molecule has 19 heavy (non-hydrogen) atoms. The number of ether oxygens (including phenoxy) is 1. The second kappa shape index (κ2) is 5.85. The number of benzene rings is 1. The van der Waals surface area contributed by atoms with E-state index in [0.717, 1.165) is 28.9 Å². The lowest BCUT2D eigenvalue weighted by molar-refractivity contribution is 0.454. The van der Waals surface area contributed by atoms with Crippen LogP contribution in [0.25, 0.3) is 0 Å². The van der Waals surface area contributed by atoms with Gasteiger partial charge >= 0.3 is 0 Å². The molecule has 1 aromatic carbocycles. The van der Waals surface area contributed by atoms with E-state index in [2.05, 4.69) is 31.0 Å². The van der Waals surface area contributed by atoms with Crippen LogP contribution in [0.5, 0.6) is 11.6 Å². The Balaban J connectivity index is 2.26. The van der Waals surface area contributed by atoms with Crippen LogP contribution in [0.4, 0.5) is 0 Å². The van der Waals surface area contributed by atoms with Gasteiger partial charge in [-0.15, -0.1) is 0 Å². The first-order chi connectivity index (χ1) is 9.11. The van der Waals surface area contributed by atoms with Gasteiger partial charge in [-0.25, -0.2) is 4.98 Å². The van der Waals surface area contributed by atoms with Crippen LogP contribution in [0.1, 0.15) is 22.3 Å². The van der Waals surface area contributed by atoms with E-state index in [9.17, 15) is 0 Å². The number of aryl methyl sites for hydroxylation is 2. The van der Waals surface area contributed by atoms with Gasteiger partial charge in [-0.05, 0) is 62.6 Å². The summed E-state index contributed by atoms with van der Waals surface area (Å²) in [4.78, 5) is 4.39. The van der Waals surface area contributed by atoms with Crippen molar-refractivity contribution >= 4 is 0 Å². The Labute approximate surface area is 114 Å². The van der Waals surface area contributed by atoms with Crippen molar-refractivity contribution in [3.05, 3.63) is 52.7 Å². The molecule has 0 bridgehead atoms. The van der Waals surface area contributed by atoms with Crippen molar-refractivity contribution in [2.75, 3.05) is 6.54 Å². The minimum atomic E-state index is 0.637. The Morgan fingerprint density at radius 2 is 1.95 bits per heavy atom. The Bertz CT molecular complexity index is 579. The van der Waals surface area contributed by atoms with E-state index in [-0.39, 0.29) is 0 Å². The van der Waals surface area contributed by atoms with Gasteiger partial charge in [0.25, 0.3) is 0 Å². The first-order valence-electron chi connectivity index (χ1n) is 6.51. The first kappa shape index (κ1) is 13.6. The summed E-state index contributed by atoms with van der Waals surface area (Å²) in [6.07, 6.45) is 2.68. The molecule has 0 saturated heterocycles. The predicted octanol–water partition coefficient (Wildman–Crippen LogP) is 3.30. The number of hydrogen-bond donors (Lipinski definition) is 1. The normalized spacial score (nSPS) is 10.5. The number of pyridine rings is 1. The van der Waals surface area contributed by atoms with Gasteiger partial charge in [0.2, 0.25) is 5.88 Å². The summed E-state index contributed by atoms with van der Waals surface area (Å²) in [6.45, 7) is 6.78. The Hall–Kier alpha value is -1.87. The van der Waals surface area contributed by atoms with Crippen LogP contribution >= 0.6 is 0 Å². The quantitative estimate of drug-likeness (QED) is 0.913. The molecule has 2 N–H and O–H groups in total. The molecule has 0 unspecified atom stereocenters. The standard InChI is InChI=1S/C16H20N2O/c1-11-5-4-6-15(13(11)3)19-16-12(2)9-14(7-8-17)10-18-16/h4-6,9-10H,7-8,17H2,1-3H3. The zero-order valence-corrected chi connectivity index (χ0v) is 11.7. The number of nitrogens with zero attached hydrogens (tertiary/aromatic N) is 1.